The summed E-state index contributed by atoms with van der Waals surface area (Å²) in [6.45, 7) is 1.91. The van der Waals surface area contributed by atoms with Crippen molar-refractivity contribution in [3.05, 3.63) is 46.5 Å². The molecule has 2 nitrogen and oxygen atoms in total. The molecule has 0 aliphatic heterocycles. The largest absolute Gasteiger partial charge is 0.323 e. The maximum absolute atomic E-state index is 13.5. The molecule has 0 radical (unpaired) electrons. The first-order valence-electron chi connectivity index (χ1n) is 5.31. The van der Waals surface area contributed by atoms with Crippen molar-refractivity contribution in [2.24, 2.45) is 5.73 Å². The molecule has 1 atom stereocenters. The summed E-state index contributed by atoms with van der Waals surface area (Å²) >= 11 is 2.97. The summed E-state index contributed by atoms with van der Waals surface area (Å²) in [5, 5.41) is 1.94. The average Bonchev–Trinajstić information content (AvgIpc) is 2.75. The normalized spacial score (nSPS) is 12.7. The highest BCUT2D eigenvalue weighted by atomic mass is 32.2. The Balaban J connectivity index is 2.03. The highest BCUT2D eigenvalue weighted by molar-refractivity contribution is 8.01. The van der Waals surface area contributed by atoms with Crippen LogP contribution in [0.3, 0.4) is 0 Å². The van der Waals surface area contributed by atoms with Crippen LogP contribution in [0.25, 0.3) is 0 Å². The molecule has 0 amide bonds. The molecule has 0 saturated carbocycles. The van der Waals surface area contributed by atoms with Gasteiger partial charge >= 0.3 is 0 Å². The minimum Gasteiger partial charge on any atom is -0.323 e. The third-order valence-electron chi connectivity index (χ3n) is 2.34. The Morgan fingerprint density at radius 3 is 2.89 bits per heavy atom. The van der Waals surface area contributed by atoms with Gasteiger partial charge in [-0.15, -0.1) is 11.3 Å². The lowest BCUT2D eigenvalue weighted by atomic mass is 10.1. The average molecular weight is 286 g/mol. The van der Waals surface area contributed by atoms with Crippen LogP contribution < -0.4 is 5.73 Å². The summed E-state index contributed by atoms with van der Waals surface area (Å²) in [6.07, 6.45) is 0. The van der Waals surface area contributed by atoms with Gasteiger partial charge in [0.15, 0.2) is 0 Å². The van der Waals surface area contributed by atoms with E-state index in [-0.39, 0.29) is 5.56 Å². The lowest BCUT2D eigenvalue weighted by Crippen LogP contribution is -2.15. The quantitative estimate of drug-likeness (QED) is 0.874. The summed E-state index contributed by atoms with van der Waals surface area (Å²) in [5.41, 5.74) is 7.02. The van der Waals surface area contributed by atoms with Gasteiger partial charge in [-0.3, -0.25) is 0 Å². The zero-order chi connectivity index (χ0) is 13.1. The first-order chi connectivity index (χ1) is 8.56. The number of hydrogen-bond donors (Lipinski definition) is 1. The monoisotopic (exact) mass is 286 g/mol. The highest BCUT2D eigenvalue weighted by Crippen LogP contribution is 2.27. The molecule has 0 aliphatic carbocycles. The standard InChI is InChI=1S/C12H12F2N2S2/c1-7-5-17-12(16-7)18-6-11(15)9-4-8(13)2-3-10(9)14/h2-5,11H,6,15H2,1H3. The molecule has 2 rings (SSSR count). The van der Waals surface area contributed by atoms with Crippen LogP contribution in [-0.2, 0) is 0 Å². The van der Waals surface area contributed by atoms with Crippen molar-refractivity contribution in [1.29, 1.82) is 0 Å². The molecular weight excluding hydrogens is 274 g/mol. The van der Waals surface area contributed by atoms with Gasteiger partial charge in [0.25, 0.3) is 0 Å². The number of hydrogen-bond acceptors (Lipinski definition) is 4. The van der Waals surface area contributed by atoms with Gasteiger partial charge in [-0.05, 0) is 25.1 Å². The number of thioether (sulfide) groups is 1. The Morgan fingerprint density at radius 1 is 1.44 bits per heavy atom. The van der Waals surface area contributed by atoms with E-state index in [0.29, 0.717) is 5.75 Å². The molecular formula is C12H12F2N2S2. The third-order valence-corrected chi connectivity index (χ3v) is 4.60. The third kappa shape index (κ3) is 3.28. The summed E-state index contributed by atoms with van der Waals surface area (Å²) in [7, 11) is 0. The van der Waals surface area contributed by atoms with E-state index in [0.717, 1.165) is 28.2 Å². The molecule has 6 heteroatoms. The molecule has 18 heavy (non-hydrogen) atoms. The Kier molecular flexibility index (Phi) is 4.31. The molecule has 0 aliphatic rings. The second kappa shape index (κ2) is 5.77. The van der Waals surface area contributed by atoms with Gasteiger partial charge in [0.1, 0.15) is 16.0 Å². The fraction of sp³-hybridized carbons (Fsp3) is 0.250. The fourth-order valence-electron chi connectivity index (χ4n) is 1.45. The van der Waals surface area contributed by atoms with Crippen LogP contribution in [0.15, 0.2) is 27.9 Å². The van der Waals surface area contributed by atoms with E-state index in [2.05, 4.69) is 4.98 Å². The summed E-state index contributed by atoms with van der Waals surface area (Å²) < 4.78 is 27.4. The maximum atomic E-state index is 13.5. The number of nitrogens with two attached hydrogens (primary N) is 1. The predicted molar refractivity (Wildman–Crippen MR) is 70.9 cm³/mol. The number of thiazole rings is 1. The topological polar surface area (TPSA) is 38.9 Å². The number of halogens is 2. The molecule has 0 saturated heterocycles. The Hall–Kier alpha value is -0.980. The Labute approximate surface area is 112 Å². The van der Waals surface area contributed by atoms with Crippen LogP contribution in [0, 0.1) is 18.6 Å². The van der Waals surface area contributed by atoms with Crippen LogP contribution in [0.2, 0.25) is 0 Å². The number of benzene rings is 1. The van der Waals surface area contributed by atoms with E-state index in [9.17, 15) is 8.78 Å². The van der Waals surface area contributed by atoms with E-state index in [1.54, 1.807) is 0 Å². The van der Waals surface area contributed by atoms with E-state index >= 15 is 0 Å². The molecule has 2 N–H and O–H groups in total. The van der Waals surface area contributed by atoms with Crippen molar-refractivity contribution in [2.45, 2.75) is 17.3 Å². The number of aryl methyl sites for hydroxylation is 1. The lowest BCUT2D eigenvalue weighted by Gasteiger charge is -2.11. The van der Waals surface area contributed by atoms with E-state index in [1.807, 2.05) is 12.3 Å². The Morgan fingerprint density at radius 2 is 2.22 bits per heavy atom. The van der Waals surface area contributed by atoms with Gasteiger partial charge in [0.05, 0.1) is 0 Å². The minimum atomic E-state index is -0.546. The Bertz CT molecular complexity index is 543. The predicted octanol–water partition coefficient (Wildman–Crippen LogP) is 3.52. The van der Waals surface area contributed by atoms with Crippen molar-refractivity contribution >= 4 is 23.1 Å². The van der Waals surface area contributed by atoms with Crippen molar-refractivity contribution < 1.29 is 8.78 Å². The van der Waals surface area contributed by atoms with Gasteiger partial charge in [-0.1, -0.05) is 11.8 Å². The van der Waals surface area contributed by atoms with Crippen molar-refractivity contribution in [3.8, 4) is 0 Å². The zero-order valence-corrected chi connectivity index (χ0v) is 11.3. The molecule has 0 bridgehead atoms. The molecule has 1 aromatic carbocycles. The molecule has 1 heterocycles. The summed E-state index contributed by atoms with van der Waals surface area (Å²) in [4.78, 5) is 4.27. The van der Waals surface area contributed by atoms with Gasteiger partial charge in [0, 0.05) is 28.4 Å². The minimum absolute atomic E-state index is 0.204. The van der Waals surface area contributed by atoms with Crippen LogP contribution in [0.1, 0.15) is 17.3 Å². The van der Waals surface area contributed by atoms with E-state index in [4.69, 9.17) is 5.73 Å². The maximum Gasteiger partial charge on any atom is 0.150 e. The van der Waals surface area contributed by atoms with Crippen LogP contribution in [0.4, 0.5) is 8.78 Å². The molecule has 0 spiro atoms. The molecule has 96 valence electrons. The van der Waals surface area contributed by atoms with Gasteiger partial charge in [-0.25, -0.2) is 13.8 Å². The second-order valence-corrected chi connectivity index (χ2v) is 5.96. The smallest absolute Gasteiger partial charge is 0.150 e. The number of aromatic nitrogens is 1. The summed E-state index contributed by atoms with van der Waals surface area (Å²) in [5.74, 6) is -0.482. The van der Waals surface area contributed by atoms with Crippen molar-refractivity contribution in [2.75, 3.05) is 5.75 Å². The van der Waals surface area contributed by atoms with Gasteiger partial charge in [-0.2, -0.15) is 0 Å². The number of nitrogens with zero attached hydrogens (tertiary/aromatic N) is 1. The van der Waals surface area contributed by atoms with Crippen LogP contribution in [0.5, 0.6) is 0 Å². The molecule has 1 aromatic heterocycles. The highest BCUT2D eigenvalue weighted by Gasteiger charge is 2.13. The lowest BCUT2D eigenvalue weighted by molar-refractivity contribution is 0.573. The SMILES string of the molecule is Cc1csc(SCC(N)c2cc(F)ccc2F)n1. The molecule has 0 fully saturated rings. The van der Waals surface area contributed by atoms with Crippen molar-refractivity contribution in [3.63, 3.8) is 0 Å². The zero-order valence-electron chi connectivity index (χ0n) is 9.69. The fourth-order valence-corrected chi connectivity index (χ4v) is 3.30. The molecule has 2 aromatic rings. The second-order valence-electron chi connectivity index (χ2n) is 3.84. The molecule has 1 unspecified atom stereocenters. The van der Waals surface area contributed by atoms with Gasteiger partial charge < -0.3 is 5.73 Å². The van der Waals surface area contributed by atoms with Crippen LogP contribution >= 0.6 is 23.1 Å². The first kappa shape index (κ1) is 13.5. The van der Waals surface area contributed by atoms with E-state index in [1.165, 1.54) is 23.1 Å². The van der Waals surface area contributed by atoms with Gasteiger partial charge in [0.2, 0.25) is 0 Å². The first-order valence-corrected chi connectivity index (χ1v) is 7.18. The van der Waals surface area contributed by atoms with Crippen LogP contribution in [-0.4, -0.2) is 10.7 Å². The van der Waals surface area contributed by atoms with Crippen molar-refractivity contribution in [1.82, 2.24) is 4.98 Å². The summed E-state index contributed by atoms with van der Waals surface area (Å²) in [6, 6.07) is 2.79. The van der Waals surface area contributed by atoms with E-state index < -0.39 is 17.7 Å². The number of rotatable bonds is 4.